The second-order valence-electron chi connectivity index (χ2n) is 10.0. The van der Waals surface area contributed by atoms with Crippen LogP contribution < -0.4 is 9.47 Å². The van der Waals surface area contributed by atoms with Crippen molar-refractivity contribution in [3.05, 3.63) is 108 Å². The van der Waals surface area contributed by atoms with Crippen LogP contribution in [0.1, 0.15) is 11.1 Å². The highest BCUT2D eigenvalue weighted by atomic mass is 19.4. The molecule has 13 heteroatoms. The topological polar surface area (TPSA) is 75.2 Å². The SMILES string of the molecule is COc1ccc(-c2nc(-c3cccc(-n4cc(-c5cc(C(F)(F)F)cc(C(F)(F)F)c5)nn4)c3)oc2-c2ccc(OC)cc2)cc1. The van der Waals surface area contributed by atoms with E-state index in [0.29, 0.717) is 46.3 Å². The maximum Gasteiger partial charge on any atom is 0.416 e. The summed E-state index contributed by atoms with van der Waals surface area (Å²) in [5.74, 6) is 2.07. The van der Waals surface area contributed by atoms with E-state index < -0.39 is 23.5 Å². The molecule has 0 saturated carbocycles. The van der Waals surface area contributed by atoms with Gasteiger partial charge in [0.15, 0.2) is 5.76 Å². The molecule has 0 N–H and O–H groups in total. The van der Waals surface area contributed by atoms with Crippen molar-refractivity contribution in [2.24, 2.45) is 0 Å². The maximum atomic E-state index is 13.4. The first-order valence-corrected chi connectivity index (χ1v) is 13.6. The third-order valence-corrected chi connectivity index (χ3v) is 7.08. The Kier molecular flexibility index (Phi) is 7.76. The molecule has 0 fully saturated rings. The molecular weight excluding hydrogens is 614 g/mol. The number of hydrogen-bond donors (Lipinski definition) is 0. The van der Waals surface area contributed by atoms with Crippen molar-refractivity contribution in [1.29, 1.82) is 0 Å². The van der Waals surface area contributed by atoms with E-state index in [0.717, 1.165) is 11.1 Å². The fourth-order valence-electron chi connectivity index (χ4n) is 4.73. The highest BCUT2D eigenvalue weighted by molar-refractivity contribution is 5.79. The number of rotatable bonds is 7. The fraction of sp³-hybridized carbons (Fsp3) is 0.121. The van der Waals surface area contributed by atoms with Crippen molar-refractivity contribution in [2.45, 2.75) is 12.4 Å². The molecule has 0 amide bonds. The van der Waals surface area contributed by atoms with Crippen molar-refractivity contribution in [1.82, 2.24) is 20.0 Å². The molecule has 0 saturated heterocycles. The summed E-state index contributed by atoms with van der Waals surface area (Å²) >= 11 is 0. The highest BCUT2D eigenvalue weighted by Gasteiger charge is 2.37. The first kappa shape index (κ1) is 30.4. The van der Waals surface area contributed by atoms with Crippen LogP contribution in [-0.2, 0) is 12.4 Å². The number of methoxy groups -OCH3 is 2. The normalized spacial score (nSPS) is 11.9. The van der Waals surface area contributed by atoms with Crippen LogP contribution in [0.25, 0.3) is 51.0 Å². The summed E-state index contributed by atoms with van der Waals surface area (Å²) in [6.45, 7) is 0. The molecule has 46 heavy (non-hydrogen) atoms. The lowest BCUT2D eigenvalue weighted by molar-refractivity contribution is -0.143. The Hall–Kier alpha value is -5.59. The monoisotopic (exact) mass is 636 g/mol. The van der Waals surface area contributed by atoms with Crippen LogP contribution in [-0.4, -0.2) is 34.2 Å². The molecule has 0 aliphatic heterocycles. The fourth-order valence-corrected chi connectivity index (χ4v) is 4.73. The van der Waals surface area contributed by atoms with Crippen molar-refractivity contribution < 1.29 is 40.2 Å². The smallest absolute Gasteiger partial charge is 0.416 e. The van der Waals surface area contributed by atoms with Crippen molar-refractivity contribution in [2.75, 3.05) is 14.2 Å². The predicted octanol–water partition coefficient (Wildman–Crippen LogP) is 8.98. The van der Waals surface area contributed by atoms with E-state index in [1.54, 1.807) is 62.8 Å². The number of aromatic nitrogens is 4. The van der Waals surface area contributed by atoms with E-state index in [2.05, 4.69) is 10.3 Å². The molecule has 2 heterocycles. The van der Waals surface area contributed by atoms with Gasteiger partial charge in [-0.05, 0) is 84.9 Å². The van der Waals surface area contributed by atoms with Gasteiger partial charge in [0.25, 0.3) is 0 Å². The van der Waals surface area contributed by atoms with Gasteiger partial charge in [0.05, 0.1) is 37.2 Å². The zero-order valence-corrected chi connectivity index (χ0v) is 24.0. The van der Waals surface area contributed by atoms with Gasteiger partial charge in [0, 0.05) is 22.3 Å². The number of alkyl halides is 6. The maximum absolute atomic E-state index is 13.4. The van der Waals surface area contributed by atoms with Gasteiger partial charge >= 0.3 is 12.4 Å². The van der Waals surface area contributed by atoms with Crippen LogP contribution in [0.4, 0.5) is 26.3 Å². The average molecular weight is 637 g/mol. The number of oxazole rings is 1. The molecule has 7 nitrogen and oxygen atoms in total. The summed E-state index contributed by atoms with van der Waals surface area (Å²) < 4.78 is 98.5. The Labute approximate surface area is 257 Å². The minimum absolute atomic E-state index is 0.0636. The third-order valence-electron chi connectivity index (χ3n) is 7.08. The second kappa shape index (κ2) is 11.7. The Morgan fingerprint density at radius 1 is 0.652 bits per heavy atom. The number of nitrogens with zero attached hydrogens (tertiary/aromatic N) is 4. The van der Waals surface area contributed by atoms with Gasteiger partial charge in [-0.1, -0.05) is 11.3 Å². The standard InChI is InChI=1S/C33H22F6N4O3/c1-44-26-10-6-19(7-11-26)29-30(20-8-12-27(45-2)13-9-20)46-31(40-29)21-4-3-5-25(16-21)43-18-28(41-42-43)22-14-23(32(34,35)36)17-24(15-22)33(37,38)39/h3-18H,1-2H3. The van der Waals surface area contributed by atoms with Crippen LogP contribution in [0.2, 0.25) is 0 Å². The van der Waals surface area contributed by atoms with Crippen LogP contribution in [0.15, 0.2) is 102 Å². The number of halogens is 6. The molecular formula is C33H22F6N4O3. The zero-order chi connectivity index (χ0) is 32.6. The minimum Gasteiger partial charge on any atom is -0.497 e. The third kappa shape index (κ3) is 6.16. The molecule has 0 unspecified atom stereocenters. The first-order chi connectivity index (χ1) is 21.9. The summed E-state index contributed by atoms with van der Waals surface area (Å²) in [7, 11) is 3.13. The summed E-state index contributed by atoms with van der Waals surface area (Å²) in [4.78, 5) is 4.78. The Bertz CT molecular complexity index is 1900. The van der Waals surface area contributed by atoms with Gasteiger partial charge in [-0.3, -0.25) is 0 Å². The summed E-state index contributed by atoms with van der Waals surface area (Å²) in [5.41, 5.74) is -0.457. The van der Waals surface area contributed by atoms with Gasteiger partial charge in [-0.25, -0.2) is 9.67 Å². The average Bonchev–Trinajstić information content (AvgIpc) is 3.73. The first-order valence-electron chi connectivity index (χ1n) is 13.6. The molecule has 0 aliphatic carbocycles. The lowest BCUT2D eigenvalue weighted by Crippen LogP contribution is -2.11. The van der Waals surface area contributed by atoms with Crippen LogP contribution in [0.5, 0.6) is 11.5 Å². The Balaban J connectivity index is 1.39. The van der Waals surface area contributed by atoms with Crippen LogP contribution in [0, 0.1) is 0 Å². The van der Waals surface area contributed by atoms with Crippen LogP contribution >= 0.6 is 0 Å². The molecule has 0 radical (unpaired) electrons. The lowest BCUT2D eigenvalue weighted by Gasteiger charge is -2.13. The van der Waals surface area contributed by atoms with Crippen molar-refractivity contribution in [3.8, 4) is 62.5 Å². The number of benzene rings is 4. The molecule has 6 aromatic rings. The molecule has 234 valence electrons. The van der Waals surface area contributed by atoms with E-state index >= 15 is 0 Å². The van der Waals surface area contributed by atoms with Crippen molar-refractivity contribution in [3.63, 3.8) is 0 Å². The highest BCUT2D eigenvalue weighted by Crippen LogP contribution is 2.39. The molecule has 6 rings (SSSR count). The van der Waals surface area contributed by atoms with E-state index in [1.165, 1.54) is 10.9 Å². The van der Waals surface area contributed by atoms with Gasteiger partial charge in [0.2, 0.25) is 5.89 Å². The predicted molar refractivity (Wildman–Crippen MR) is 156 cm³/mol. The number of ether oxygens (including phenoxy) is 2. The van der Waals surface area contributed by atoms with E-state index in [9.17, 15) is 26.3 Å². The molecule has 0 bridgehead atoms. The second-order valence-corrected chi connectivity index (χ2v) is 10.0. The number of hydrogen-bond acceptors (Lipinski definition) is 6. The molecule has 2 aromatic heterocycles. The summed E-state index contributed by atoms with van der Waals surface area (Å²) in [6.07, 6.45) is -8.74. The van der Waals surface area contributed by atoms with Gasteiger partial charge in [-0.2, -0.15) is 26.3 Å². The lowest BCUT2D eigenvalue weighted by atomic mass is 10.0. The van der Waals surface area contributed by atoms with E-state index in [-0.39, 0.29) is 23.2 Å². The van der Waals surface area contributed by atoms with Crippen LogP contribution in [0.3, 0.4) is 0 Å². The summed E-state index contributed by atoms with van der Waals surface area (Å²) in [5, 5.41) is 7.82. The Morgan fingerprint density at radius 3 is 1.80 bits per heavy atom. The zero-order valence-electron chi connectivity index (χ0n) is 24.0. The van der Waals surface area contributed by atoms with Gasteiger partial charge in [-0.15, -0.1) is 5.10 Å². The molecule has 0 atom stereocenters. The molecule has 4 aromatic carbocycles. The minimum atomic E-state index is -4.99. The summed E-state index contributed by atoms with van der Waals surface area (Å²) in [6, 6.07) is 22.5. The largest absolute Gasteiger partial charge is 0.497 e. The van der Waals surface area contributed by atoms with Gasteiger partial charge < -0.3 is 13.9 Å². The molecule has 0 spiro atoms. The van der Waals surface area contributed by atoms with E-state index in [4.69, 9.17) is 18.9 Å². The van der Waals surface area contributed by atoms with Gasteiger partial charge in [0.1, 0.15) is 22.9 Å². The Morgan fingerprint density at radius 2 is 1.24 bits per heavy atom. The van der Waals surface area contributed by atoms with E-state index in [1.807, 2.05) is 24.3 Å². The quantitative estimate of drug-likeness (QED) is 0.163. The molecule has 0 aliphatic rings. The van der Waals surface area contributed by atoms with Crippen molar-refractivity contribution >= 4 is 0 Å².